The summed E-state index contributed by atoms with van der Waals surface area (Å²) in [4.78, 5) is 23.6. The van der Waals surface area contributed by atoms with Crippen LogP contribution in [-0.2, 0) is 0 Å². The lowest BCUT2D eigenvalue weighted by molar-refractivity contribution is -0.386. The Morgan fingerprint density at radius 2 is 2.00 bits per heavy atom. The standard InChI is InChI=1S/C18H13BrN6O3/c1-10-8-11(2)24(23-10)17-16(25(26)27)18(22-9-21-17)28-14-6-5-13(19)12-4-3-7-20-15(12)14/h3-9H,1-2H3. The third-order valence-electron chi connectivity index (χ3n) is 4.05. The Balaban J connectivity index is 1.88. The second-order valence-electron chi connectivity index (χ2n) is 5.99. The molecule has 0 amide bonds. The van der Waals surface area contributed by atoms with Gasteiger partial charge < -0.3 is 4.74 Å². The van der Waals surface area contributed by atoms with E-state index in [1.54, 1.807) is 44.3 Å². The number of fused-ring (bicyclic) bond motifs is 1. The van der Waals surface area contributed by atoms with E-state index in [4.69, 9.17) is 4.74 Å². The van der Waals surface area contributed by atoms with Gasteiger partial charge in [-0.15, -0.1) is 0 Å². The molecule has 0 radical (unpaired) electrons. The summed E-state index contributed by atoms with van der Waals surface area (Å²) in [5.74, 6) is 0.201. The predicted molar refractivity (Wildman–Crippen MR) is 105 cm³/mol. The fourth-order valence-corrected chi connectivity index (χ4v) is 3.34. The molecule has 0 N–H and O–H groups in total. The van der Waals surface area contributed by atoms with Crippen LogP contribution in [-0.4, -0.2) is 29.7 Å². The summed E-state index contributed by atoms with van der Waals surface area (Å²) in [6.07, 6.45) is 2.83. The maximum Gasteiger partial charge on any atom is 0.375 e. The maximum atomic E-state index is 11.8. The van der Waals surface area contributed by atoms with E-state index in [2.05, 4.69) is 36.0 Å². The first kappa shape index (κ1) is 18.0. The molecule has 0 fully saturated rings. The molecule has 0 spiro atoms. The van der Waals surface area contributed by atoms with Gasteiger partial charge >= 0.3 is 11.6 Å². The fraction of sp³-hybridized carbons (Fsp3) is 0.111. The van der Waals surface area contributed by atoms with Gasteiger partial charge in [0.2, 0.25) is 5.82 Å². The molecular weight excluding hydrogens is 428 g/mol. The van der Waals surface area contributed by atoms with Gasteiger partial charge in [-0.1, -0.05) is 22.0 Å². The van der Waals surface area contributed by atoms with E-state index < -0.39 is 4.92 Å². The van der Waals surface area contributed by atoms with Gasteiger partial charge in [0.15, 0.2) is 5.75 Å². The van der Waals surface area contributed by atoms with Gasteiger partial charge in [0.1, 0.15) is 11.8 Å². The van der Waals surface area contributed by atoms with Gasteiger partial charge in [0.05, 0.1) is 10.6 Å². The second kappa shape index (κ2) is 6.97. The summed E-state index contributed by atoms with van der Waals surface area (Å²) < 4.78 is 8.07. The van der Waals surface area contributed by atoms with Crippen molar-refractivity contribution in [1.82, 2.24) is 24.7 Å². The molecule has 9 nitrogen and oxygen atoms in total. The van der Waals surface area contributed by atoms with Crippen LogP contribution in [0.25, 0.3) is 16.7 Å². The van der Waals surface area contributed by atoms with Crippen molar-refractivity contribution in [3.05, 3.63) is 68.8 Å². The van der Waals surface area contributed by atoms with Gasteiger partial charge in [-0.3, -0.25) is 15.1 Å². The highest BCUT2D eigenvalue weighted by atomic mass is 79.9. The quantitative estimate of drug-likeness (QED) is 0.343. The number of hydrogen-bond donors (Lipinski definition) is 0. The molecule has 0 aliphatic carbocycles. The SMILES string of the molecule is Cc1cc(C)n(-c2ncnc(Oc3ccc(Br)c4cccnc34)c2[N+](=O)[O-])n1. The first-order valence-corrected chi connectivity index (χ1v) is 8.99. The van der Waals surface area contributed by atoms with Crippen LogP contribution < -0.4 is 4.74 Å². The van der Waals surface area contributed by atoms with Gasteiger partial charge in [0.25, 0.3) is 0 Å². The molecular formula is C18H13BrN6O3. The largest absolute Gasteiger partial charge is 0.431 e. The zero-order chi connectivity index (χ0) is 19.8. The topological polar surface area (TPSA) is 109 Å². The van der Waals surface area contributed by atoms with Gasteiger partial charge in [-0.25, -0.2) is 9.67 Å². The second-order valence-corrected chi connectivity index (χ2v) is 6.85. The molecule has 3 aromatic heterocycles. The van der Waals surface area contributed by atoms with Crippen LogP contribution in [0.5, 0.6) is 11.6 Å². The van der Waals surface area contributed by atoms with Crippen LogP contribution in [0.4, 0.5) is 5.69 Å². The molecule has 1 aromatic carbocycles. The molecule has 0 saturated carbocycles. The van der Waals surface area contributed by atoms with Crippen molar-refractivity contribution in [3.63, 3.8) is 0 Å². The number of nitrogens with zero attached hydrogens (tertiary/aromatic N) is 6. The molecule has 0 aliphatic heterocycles. The summed E-state index contributed by atoms with van der Waals surface area (Å²) in [5, 5.41) is 16.9. The number of aryl methyl sites for hydroxylation is 2. The smallest absolute Gasteiger partial charge is 0.375 e. The molecule has 4 aromatic rings. The number of rotatable bonds is 4. The minimum absolute atomic E-state index is 0.0370. The molecule has 3 heterocycles. The zero-order valence-corrected chi connectivity index (χ0v) is 16.4. The molecule has 4 rings (SSSR count). The summed E-state index contributed by atoms with van der Waals surface area (Å²) in [7, 11) is 0. The van der Waals surface area contributed by atoms with Gasteiger partial charge in [-0.2, -0.15) is 10.1 Å². The van der Waals surface area contributed by atoms with E-state index in [0.717, 1.165) is 15.6 Å². The highest BCUT2D eigenvalue weighted by Gasteiger charge is 2.28. The van der Waals surface area contributed by atoms with Crippen LogP contribution in [0, 0.1) is 24.0 Å². The minimum Gasteiger partial charge on any atom is -0.431 e. The van der Waals surface area contributed by atoms with E-state index in [-0.39, 0.29) is 17.4 Å². The number of benzene rings is 1. The average molecular weight is 441 g/mol. The van der Waals surface area contributed by atoms with Crippen molar-refractivity contribution in [2.75, 3.05) is 0 Å². The first-order valence-electron chi connectivity index (χ1n) is 8.20. The molecule has 0 unspecified atom stereocenters. The van der Waals surface area contributed by atoms with E-state index in [0.29, 0.717) is 17.0 Å². The molecule has 140 valence electrons. The van der Waals surface area contributed by atoms with Crippen LogP contribution in [0.2, 0.25) is 0 Å². The molecule has 0 atom stereocenters. The number of aromatic nitrogens is 5. The van der Waals surface area contributed by atoms with Crippen LogP contribution >= 0.6 is 15.9 Å². The highest BCUT2D eigenvalue weighted by molar-refractivity contribution is 9.10. The molecule has 28 heavy (non-hydrogen) atoms. The van der Waals surface area contributed by atoms with E-state index >= 15 is 0 Å². The third kappa shape index (κ3) is 3.07. The third-order valence-corrected chi connectivity index (χ3v) is 4.74. The maximum absolute atomic E-state index is 11.8. The van der Waals surface area contributed by atoms with Crippen molar-refractivity contribution < 1.29 is 9.66 Å². The number of ether oxygens (including phenoxy) is 1. The van der Waals surface area contributed by atoms with E-state index in [9.17, 15) is 10.1 Å². The first-order chi connectivity index (χ1) is 13.5. The van der Waals surface area contributed by atoms with Crippen molar-refractivity contribution >= 4 is 32.5 Å². The Labute approximate surface area is 167 Å². The Morgan fingerprint density at radius 3 is 2.71 bits per heavy atom. The molecule has 0 bridgehead atoms. The van der Waals surface area contributed by atoms with Crippen LogP contribution in [0.3, 0.4) is 0 Å². The van der Waals surface area contributed by atoms with Gasteiger partial charge in [-0.05, 0) is 38.1 Å². The minimum atomic E-state index is -0.574. The lowest BCUT2D eigenvalue weighted by Gasteiger charge is -2.10. The molecule has 0 aliphatic rings. The average Bonchev–Trinajstić information content (AvgIpc) is 3.02. The summed E-state index contributed by atoms with van der Waals surface area (Å²) in [5.41, 5.74) is 1.61. The Bertz CT molecular complexity index is 1220. The number of halogens is 1. The Morgan fingerprint density at radius 1 is 1.18 bits per heavy atom. The highest BCUT2D eigenvalue weighted by Crippen LogP contribution is 2.37. The normalized spacial score (nSPS) is 11.0. The lowest BCUT2D eigenvalue weighted by atomic mass is 10.2. The van der Waals surface area contributed by atoms with Crippen molar-refractivity contribution in [2.24, 2.45) is 0 Å². The number of pyridine rings is 1. The summed E-state index contributed by atoms with van der Waals surface area (Å²) >= 11 is 3.47. The molecule has 10 heteroatoms. The predicted octanol–water partition coefficient (Wildman–Crippen LogP) is 4.29. The summed E-state index contributed by atoms with van der Waals surface area (Å²) in [6.45, 7) is 3.59. The zero-order valence-electron chi connectivity index (χ0n) is 14.8. The van der Waals surface area contributed by atoms with E-state index in [1.165, 1.54) is 11.0 Å². The number of nitro groups is 1. The summed E-state index contributed by atoms with van der Waals surface area (Å²) in [6, 6.07) is 8.93. The monoisotopic (exact) mass is 440 g/mol. The van der Waals surface area contributed by atoms with Gasteiger partial charge in [0, 0.05) is 21.7 Å². The van der Waals surface area contributed by atoms with Crippen LogP contribution in [0.15, 0.2) is 47.3 Å². The van der Waals surface area contributed by atoms with Crippen LogP contribution in [0.1, 0.15) is 11.4 Å². The number of hydrogen-bond acceptors (Lipinski definition) is 7. The Hall–Kier alpha value is -3.40. The van der Waals surface area contributed by atoms with E-state index in [1.807, 2.05) is 6.07 Å². The van der Waals surface area contributed by atoms with Crippen molar-refractivity contribution in [1.29, 1.82) is 0 Å². The van der Waals surface area contributed by atoms with Crippen molar-refractivity contribution in [3.8, 4) is 17.4 Å². The fourth-order valence-electron chi connectivity index (χ4n) is 2.89. The van der Waals surface area contributed by atoms with Crippen molar-refractivity contribution in [2.45, 2.75) is 13.8 Å². The molecule has 0 saturated heterocycles. The Kier molecular flexibility index (Phi) is 4.47. The lowest BCUT2D eigenvalue weighted by Crippen LogP contribution is -2.08.